The van der Waals surface area contributed by atoms with Crippen LogP contribution >= 0.6 is 11.6 Å². The second-order valence-corrected chi connectivity index (χ2v) is 4.17. The lowest BCUT2D eigenvalue weighted by Crippen LogP contribution is -2.12. The fraction of sp³-hybridized carbons (Fsp3) is 0.273. The van der Waals surface area contributed by atoms with Gasteiger partial charge in [0.1, 0.15) is 0 Å². The highest BCUT2D eigenvalue weighted by molar-refractivity contribution is 6.31. The Bertz CT molecular complexity index is 562. The molecule has 0 aliphatic carbocycles. The van der Waals surface area contributed by atoms with Crippen molar-refractivity contribution >= 4 is 28.5 Å². The minimum Gasteiger partial charge on any atom is -0.481 e. The van der Waals surface area contributed by atoms with Crippen molar-refractivity contribution in [2.45, 2.75) is 12.8 Å². The van der Waals surface area contributed by atoms with Crippen molar-refractivity contribution in [3.63, 3.8) is 0 Å². The second-order valence-electron chi connectivity index (χ2n) is 3.73. The van der Waals surface area contributed by atoms with Crippen LogP contribution in [0.2, 0.25) is 5.02 Å². The van der Waals surface area contributed by atoms with E-state index in [1.54, 1.807) is 36.9 Å². The summed E-state index contributed by atoms with van der Waals surface area (Å²) in [6.45, 7) is 1.65. The molecular formula is C11H11ClN2O2. The largest absolute Gasteiger partial charge is 0.481 e. The van der Waals surface area contributed by atoms with E-state index in [1.807, 2.05) is 0 Å². The molecule has 84 valence electrons. The quantitative estimate of drug-likeness (QED) is 0.874. The van der Waals surface area contributed by atoms with Gasteiger partial charge in [0.15, 0.2) is 0 Å². The Balaban J connectivity index is 2.69. The van der Waals surface area contributed by atoms with Crippen LogP contribution in [-0.4, -0.2) is 20.9 Å². The van der Waals surface area contributed by atoms with Gasteiger partial charge in [0.05, 0.1) is 17.1 Å². The predicted octanol–water partition coefficient (Wildman–Crippen LogP) is 2.41. The van der Waals surface area contributed by atoms with E-state index in [1.165, 1.54) is 0 Å². The summed E-state index contributed by atoms with van der Waals surface area (Å²) >= 11 is 5.86. The predicted molar refractivity (Wildman–Crippen MR) is 61.8 cm³/mol. The Morgan fingerprint density at radius 2 is 2.25 bits per heavy atom. The molecule has 0 aliphatic rings. The van der Waals surface area contributed by atoms with Gasteiger partial charge in [-0.25, -0.2) is 0 Å². The molecule has 0 saturated heterocycles. The van der Waals surface area contributed by atoms with Gasteiger partial charge in [-0.15, -0.1) is 0 Å². The standard InChI is InChI=1S/C11H11ClN2O2/c1-6(11(15)16)10-8-4-3-7(12)5-9(8)13-14(10)2/h3-6H,1-2H3,(H,15,16). The first-order valence-corrected chi connectivity index (χ1v) is 5.23. The number of halogens is 1. The zero-order valence-corrected chi connectivity index (χ0v) is 9.69. The van der Waals surface area contributed by atoms with Crippen LogP contribution in [0.15, 0.2) is 18.2 Å². The minimum absolute atomic E-state index is 0.587. The lowest BCUT2D eigenvalue weighted by Gasteiger charge is -2.06. The molecular weight excluding hydrogens is 228 g/mol. The molecule has 1 unspecified atom stereocenters. The summed E-state index contributed by atoms with van der Waals surface area (Å²) in [6.07, 6.45) is 0. The summed E-state index contributed by atoms with van der Waals surface area (Å²) < 4.78 is 1.60. The number of aromatic nitrogens is 2. The Labute approximate surface area is 97.4 Å². The third-order valence-corrected chi connectivity index (χ3v) is 2.86. The smallest absolute Gasteiger partial charge is 0.312 e. The number of aliphatic carboxylic acids is 1. The molecule has 0 aliphatic heterocycles. The van der Waals surface area contributed by atoms with Gasteiger partial charge in [-0.05, 0) is 25.1 Å². The van der Waals surface area contributed by atoms with E-state index in [0.717, 1.165) is 10.9 Å². The van der Waals surface area contributed by atoms with Crippen molar-refractivity contribution in [1.29, 1.82) is 0 Å². The van der Waals surface area contributed by atoms with E-state index in [-0.39, 0.29) is 0 Å². The van der Waals surface area contributed by atoms with Gasteiger partial charge < -0.3 is 5.11 Å². The number of rotatable bonds is 2. The molecule has 4 nitrogen and oxygen atoms in total. The van der Waals surface area contributed by atoms with Gasteiger partial charge in [-0.3, -0.25) is 9.48 Å². The molecule has 1 aromatic carbocycles. The van der Waals surface area contributed by atoms with Gasteiger partial charge >= 0.3 is 5.97 Å². The molecule has 1 atom stereocenters. The third-order valence-electron chi connectivity index (χ3n) is 2.62. The molecule has 0 spiro atoms. The zero-order chi connectivity index (χ0) is 11.9. The molecule has 0 fully saturated rings. The number of carboxylic acid groups (broad SMARTS) is 1. The Hall–Kier alpha value is -1.55. The van der Waals surface area contributed by atoms with Gasteiger partial charge in [0.2, 0.25) is 0 Å². The highest BCUT2D eigenvalue weighted by atomic mass is 35.5. The number of hydrogen-bond acceptors (Lipinski definition) is 2. The van der Waals surface area contributed by atoms with E-state index in [4.69, 9.17) is 16.7 Å². The van der Waals surface area contributed by atoms with E-state index < -0.39 is 11.9 Å². The van der Waals surface area contributed by atoms with E-state index in [9.17, 15) is 4.79 Å². The Morgan fingerprint density at radius 1 is 1.56 bits per heavy atom. The van der Waals surface area contributed by atoms with Crippen LogP contribution in [0.5, 0.6) is 0 Å². The molecule has 0 amide bonds. The van der Waals surface area contributed by atoms with Crippen molar-refractivity contribution in [1.82, 2.24) is 9.78 Å². The van der Waals surface area contributed by atoms with Crippen LogP contribution in [0.3, 0.4) is 0 Å². The maximum Gasteiger partial charge on any atom is 0.312 e. The molecule has 1 heterocycles. The van der Waals surface area contributed by atoms with E-state index in [2.05, 4.69) is 5.10 Å². The van der Waals surface area contributed by atoms with E-state index >= 15 is 0 Å². The van der Waals surface area contributed by atoms with Gasteiger partial charge in [-0.1, -0.05) is 11.6 Å². The summed E-state index contributed by atoms with van der Waals surface area (Å²) in [5.74, 6) is -1.45. The maximum atomic E-state index is 11.0. The molecule has 0 saturated carbocycles. The monoisotopic (exact) mass is 238 g/mol. The average Bonchev–Trinajstić information content (AvgIpc) is 2.51. The summed E-state index contributed by atoms with van der Waals surface area (Å²) in [7, 11) is 1.74. The number of nitrogens with zero attached hydrogens (tertiary/aromatic N) is 2. The fourth-order valence-corrected chi connectivity index (χ4v) is 1.99. The topological polar surface area (TPSA) is 55.1 Å². The van der Waals surface area contributed by atoms with Crippen molar-refractivity contribution in [3.05, 3.63) is 28.9 Å². The third kappa shape index (κ3) is 1.65. The number of aryl methyl sites for hydroxylation is 1. The van der Waals surface area contributed by atoms with Crippen LogP contribution in [0.4, 0.5) is 0 Å². The van der Waals surface area contributed by atoms with Crippen LogP contribution in [0, 0.1) is 0 Å². The van der Waals surface area contributed by atoms with Crippen molar-refractivity contribution in [3.8, 4) is 0 Å². The molecule has 2 aromatic rings. The molecule has 0 radical (unpaired) electrons. The van der Waals surface area contributed by atoms with Crippen LogP contribution in [-0.2, 0) is 11.8 Å². The summed E-state index contributed by atoms with van der Waals surface area (Å²) in [4.78, 5) is 11.0. The maximum absolute atomic E-state index is 11.0. The highest BCUT2D eigenvalue weighted by Gasteiger charge is 2.21. The molecule has 5 heteroatoms. The average molecular weight is 239 g/mol. The fourth-order valence-electron chi connectivity index (χ4n) is 1.82. The molecule has 1 N–H and O–H groups in total. The second kappa shape index (κ2) is 3.79. The normalized spacial score (nSPS) is 12.9. The first kappa shape index (κ1) is 11.0. The summed E-state index contributed by atoms with van der Waals surface area (Å²) in [6, 6.07) is 5.28. The number of carboxylic acids is 1. The van der Waals surface area contributed by atoms with Crippen molar-refractivity contribution in [2.24, 2.45) is 7.05 Å². The lowest BCUT2D eigenvalue weighted by atomic mass is 10.0. The first-order chi connectivity index (χ1) is 7.50. The number of benzene rings is 1. The van der Waals surface area contributed by atoms with Gasteiger partial charge in [0.25, 0.3) is 0 Å². The van der Waals surface area contributed by atoms with Crippen LogP contribution in [0.1, 0.15) is 18.5 Å². The lowest BCUT2D eigenvalue weighted by molar-refractivity contribution is -0.138. The van der Waals surface area contributed by atoms with Crippen LogP contribution < -0.4 is 0 Å². The number of carbonyl (C=O) groups is 1. The zero-order valence-electron chi connectivity index (χ0n) is 8.94. The minimum atomic E-state index is -0.861. The van der Waals surface area contributed by atoms with Crippen LogP contribution in [0.25, 0.3) is 10.9 Å². The Kier molecular flexibility index (Phi) is 2.59. The Morgan fingerprint density at radius 3 is 2.88 bits per heavy atom. The summed E-state index contributed by atoms with van der Waals surface area (Å²) in [5, 5.41) is 14.7. The molecule has 16 heavy (non-hydrogen) atoms. The van der Waals surface area contributed by atoms with Gasteiger partial charge in [-0.2, -0.15) is 5.10 Å². The summed E-state index contributed by atoms with van der Waals surface area (Å²) in [5.41, 5.74) is 1.41. The highest BCUT2D eigenvalue weighted by Crippen LogP contribution is 2.27. The van der Waals surface area contributed by atoms with Gasteiger partial charge in [0, 0.05) is 17.5 Å². The van der Waals surface area contributed by atoms with Crippen molar-refractivity contribution in [2.75, 3.05) is 0 Å². The number of hydrogen-bond donors (Lipinski definition) is 1. The molecule has 0 bridgehead atoms. The SMILES string of the molecule is CC(C(=O)O)c1c2ccc(Cl)cc2nn1C. The van der Waals surface area contributed by atoms with Crippen molar-refractivity contribution < 1.29 is 9.90 Å². The van der Waals surface area contributed by atoms with E-state index in [0.29, 0.717) is 10.7 Å². The first-order valence-electron chi connectivity index (χ1n) is 4.85. The molecule has 1 aromatic heterocycles. The molecule has 2 rings (SSSR count). The number of fused-ring (bicyclic) bond motifs is 1.